The number of hydrogen-bond acceptors (Lipinski definition) is 2. The number of nitrogens with one attached hydrogen (secondary N) is 1. The number of aromatic nitrogens is 1. The lowest BCUT2D eigenvalue weighted by atomic mass is 10.0. The summed E-state index contributed by atoms with van der Waals surface area (Å²) >= 11 is 0. The van der Waals surface area contributed by atoms with E-state index in [1.165, 1.54) is 0 Å². The van der Waals surface area contributed by atoms with E-state index in [0.717, 1.165) is 22.9 Å². The van der Waals surface area contributed by atoms with Gasteiger partial charge < -0.3 is 9.88 Å². The van der Waals surface area contributed by atoms with Crippen molar-refractivity contribution >= 4 is 22.6 Å². The molecule has 4 nitrogen and oxygen atoms in total. The van der Waals surface area contributed by atoms with E-state index in [1.54, 1.807) is 19.0 Å². The molecule has 20 heavy (non-hydrogen) atoms. The molecule has 0 bridgehead atoms. The number of hydrogen-bond donors (Lipinski definition) is 1. The number of fused-ring (bicyclic) bond motifs is 1. The van der Waals surface area contributed by atoms with Crippen molar-refractivity contribution in [1.29, 1.82) is 0 Å². The number of carbonyl (C=O) groups is 2. The Morgan fingerprint density at radius 1 is 1.20 bits per heavy atom. The van der Waals surface area contributed by atoms with Gasteiger partial charge in [0.05, 0.1) is 12.1 Å². The van der Waals surface area contributed by atoms with E-state index < -0.39 is 0 Å². The number of para-hydroxylation sites is 1. The highest BCUT2D eigenvalue weighted by Crippen LogP contribution is 2.24. The van der Waals surface area contributed by atoms with Gasteiger partial charge in [0.15, 0.2) is 5.78 Å². The van der Waals surface area contributed by atoms with E-state index in [2.05, 4.69) is 4.98 Å². The van der Waals surface area contributed by atoms with Gasteiger partial charge in [-0.3, -0.25) is 9.59 Å². The molecule has 0 saturated heterocycles. The van der Waals surface area contributed by atoms with E-state index in [4.69, 9.17) is 0 Å². The monoisotopic (exact) mass is 272 g/mol. The zero-order valence-electron chi connectivity index (χ0n) is 12.2. The van der Waals surface area contributed by atoms with Crippen LogP contribution < -0.4 is 0 Å². The molecule has 0 aliphatic heterocycles. The number of likely N-dealkylation sites (N-methyl/N-ethyl adjacent to an activating group) is 1. The number of amides is 1. The Balaban J connectivity index is 2.50. The number of rotatable bonds is 5. The van der Waals surface area contributed by atoms with Crippen molar-refractivity contribution < 1.29 is 9.59 Å². The first-order chi connectivity index (χ1) is 9.54. The van der Waals surface area contributed by atoms with Crippen molar-refractivity contribution in [2.24, 2.45) is 0 Å². The average Bonchev–Trinajstić information content (AvgIpc) is 2.78. The number of aromatic amines is 1. The summed E-state index contributed by atoms with van der Waals surface area (Å²) in [6.45, 7) is 1.98. The summed E-state index contributed by atoms with van der Waals surface area (Å²) < 4.78 is 0. The molecule has 0 aliphatic carbocycles. The first kappa shape index (κ1) is 14.3. The zero-order valence-corrected chi connectivity index (χ0v) is 12.2. The van der Waals surface area contributed by atoms with Gasteiger partial charge in [0.25, 0.3) is 0 Å². The summed E-state index contributed by atoms with van der Waals surface area (Å²) in [5.41, 5.74) is 2.31. The molecule has 0 aliphatic rings. The molecule has 4 heteroatoms. The number of H-pyrrole nitrogens is 1. The van der Waals surface area contributed by atoms with Crippen molar-refractivity contribution in [2.75, 3.05) is 14.1 Å². The lowest BCUT2D eigenvalue weighted by Crippen LogP contribution is -2.24. The average molecular weight is 272 g/mol. The fourth-order valence-corrected chi connectivity index (χ4v) is 2.28. The first-order valence-electron chi connectivity index (χ1n) is 6.87. The Morgan fingerprint density at radius 3 is 2.55 bits per heavy atom. The van der Waals surface area contributed by atoms with Crippen molar-refractivity contribution in [3.63, 3.8) is 0 Å². The maximum Gasteiger partial charge on any atom is 0.226 e. The smallest absolute Gasteiger partial charge is 0.226 e. The maximum absolute atomic E-state index is 12.2. The van der Waals surface area contributed by atoms with Gasteiger partial charge in [-0.15, -0.1) is 0 Å². The van der Waals surface area contributed by atoms with E-state index in [-0.39, 0.29) is 18.1 Å². The lowest BCUT2D eigenvalue weighted by Gasteiger charge is -2.10. The molecule has 106 valence electrons. The van der Waals surface area contributed by atoms with Crippen molar-refractivity contribution in [1.82, 2.24) is 9.88 Å². The Morgan fingerprint density at radius 2 is 1.90 bits per heavy atom. The number of Topliss-reactive ketones (excluding diaryl/α,β-unsaturated/α-hetero) is 1. The highest BCUT2D eigenvalue weighted by Gasteiger charge is 2.19. The highest BCUT2D eigenvalue weighted by atomic mass is 16.2. The summed E-state index contributed by atoms with van der Waals surface area (Å²) in [4.78, 5) is 28.9. The molecule has 2 aromatic rings. The van der Waals surface area contributed by atoms with Crippen molar-refractivity contribution in [2.45, 2.75) is 26.2 Å². The van der Waals surface area contributed by atoms with Gasteiger partial charge >= 0.3 is 0 Å². The van der Waals surface area contributed by atoms with Crippen molar-refractivity contribution in [3.05, 3.63) is 35.5 Å². The van der Waals surface area contributed by atoms with E-state index in [9.17, 15) is 9.59 Å². The van der Waals surface area contributed by atoms with Gasteiger partial charge in [0.2, 0.25) is 5.91 Å². The number of benzene rings is 1. The third-order valence-corrected chi connectivity index (χ3v) is 3.40. The van der Waals surface area contributed by atoms with Gasteiger partial charge in [-0.05, 0) is 18.1 Å². The Labute approximate surface area is 118 Å². The number of carbonyl (C=O) groups excluding carboxylic acids is 2. The topological polar surface area (TPSA) is 53.2 Å². The second kappa shape index (κ2) is 5.90. The van der Waals surface area contributed by atoms with Crippen LogP contribution in [0.15, 0.2) is 24.3 Å². The summed E-state index contributed by atoms with van der Waals surface area (Å²) in [6.07, 6.45) is 1.55. The quantitative estimate of drug-likeness (QED) is 0.851. The highest BCUT2D eigenvalue weighted by molar-refractivity contribution is 6.03. The molecule has 1 amide bonds. The van der Waals surface area contributed by atoms with Crippen LogP contribution in [0.3, 0.4) is 0 Å². The van der Waals surface area contributed by atoms with E-state index >= 15 is 0 Å². The van der Waals surface area contributed by atoms with Gasteiger partial charge in [-0.1, -0.05) is 25.1 Å². The summed E-state index contributed by atoms with van der Waals surface area (Å²) in [6, 6.07) is 7.73. The second-order valence-corrected chi connectivity index (χ2v) is 5.16. The largest absolute Gasteiger partial charge is 0.352 e. The summed E-state index contributed by atoms with van der Waals surface area (Å²) in [5.74, 6) is 0.0746. The SMILES string of the molecule is CCCC(=O)c1[nH]c2ccccc2c1CC(=O)N(C)C. The minimum atomic E-state index is 0.000279. The molecule has 0 unspecified atom stereocenters. The fraction of sp³-hybridized carbons (Fsp3) is 0.375. The maximum atomic E-state index is 12.2. The van der Waals surface area contributed by atoms with Crippen LogP contribution in [0.25, 0.3) is 10.9 Å². The third kappa shape index (κ3) is 2.74. The summed E-state index contributed by atoms with van der Waals surface area (Å²) in [7, 11) is 3.45. The number of nitrogens with zero attached hydrogens (tertiary/aromatic N) is 1. The van der Waals surface area contributed by atoms with Crippen molar-refractivity contribution in [3.8, 4) is 0 Å². The molecule has 1 aromatic heterocycles. The first-order valence-corrected chi connectivity index (χ1v) is 6.87. The van der Waals surface area contributed by atoms with Gasteiger partial charge in [-0.2, -0.15) is 0 Å². The van der Waals surface area contributed by atoms with Crippen LogP contribution in [-0.2, 0) is 11.2 Å². The van der Waals surface area contributed by atoms with Crippen LogP contribution in [0, 0.1) is 0 Å². The van der Waals surface area contributed by atoms with Gasteiger partial charge in [-0.25, -0.2) is 0 Å². The fourth-order valence-electron chi connectivity index (χ4n) is 2.28. The molecule has 0 fully saturated rings. The van der Waals surface area contributed by atoms with E-state index in [0.29, 0.717) is 12.1 Å². The minimum Gasteiger partial charge on any atom is -0.352 e. The summed E-state index contributed by atoms with van der Waals surface area (Å²) in [5, 5.41) is 0.960. The van der Waals surface area contributed by atoms with Crippen LogP contribution in [0.5, 0.6) is 0 Å². The number of ketones is 1. The van der Waals surface area contributed by atoms with E-state index in [1.807, 2.05) is 31.2 Å². The molecule has 1 heterocycles. The molecule has 0 atom stereocenters. The van der Waals surface area contributed by atoms with Gasteiger partial charge in [0, 0.05) is 31.4 Å². The van der Waals surface area contributed by atoms with Crippen LogP contribution in [-0.4, -0.2) is 35.7 Å². The predicted molar refractivity (Wildman–Crippen MR) is 79.9 cm³/mol. The van der Waals surface area contributed by atoms with Gasteiger partial charge in [0.1, 0.15) is 0 Å². The minimum absolute atomic E-state index is 0.000279. The third-order valence-electron chi connectivity index (χ3n) is 3.40. The molecule has 0 saturated carbocycles. The molecule has 1 aromatic carbocycles. The molecule has 2 rings (SSSR count). The molecule has 1 N–H and O–H groups in total. The Bertz CT molecular complexity index is 641. The normalized spacial score (nSPS) is 10.8. The zero-order chi connectivity index (χ0) is 14.7. The Hall–Kier alpha value is -2.10. The molecular weight excluding hydrogens is 252 g/mol. The molecular formula is C16H20N2O2. The molecule has 0 spiro atoms. The van der Waals surface area contributed by atoms with Crippen LogP contribution in [0.1, 0.15) is 35.8 Å². The second-order valence-electron chi connectivity index (χ2n) is 5.16. The molecule has 0 radical (unpaired) electrons. The van der Waals surface area contributed by atoms with Crippen LogP contribution >= 0.6 is 0 Å². The van der Waals surface area contributed by atoms with Crippen LogP contribution in [0.4, 0.5) is 0 Å². The lowest BCUT2D eigenvalue weighted by molar-refractivity contribution is -0.127. The van der Waals surface area contributed by atoms with Crippen LogP contribution in [0.2, 0.25) is 0 Å². The standard InChI is InChI=1S/C16H20N2O2/c1-4-7-14(19)16-12(10-15(20)18(2)3)11-8-5-6-9-13(11)17-16/h5-6,8-9,17H,4,7,10H2,1-3H3. The predicted octanol–water partition coefficient (Wildman–Crippen LogP) is 2.78. The Kier molecular flexibility index (Phi) is 4.23.